The van der Waals surface area contributed by atoms with Gasteiger partial charge in [0.2, 0.25) is 0 Å². The first-order valence-corrected chi connectivity index (χ1v) is 11.5. The van der Waals surface area contributed by atoms with Crippen LogP contribution in [0.1, 0.15) is 21.5 Å². The zero-order valence-electron chi connectivity index (χ0n) is 18.3. The molecule has 5 rings (SSSR count). The number of thioether (sulfide) groups is 1. The first kappa shape index (κ1) is 21.7. The van der Waals surface area contributed by atoms with Gasteiger partial charge in [0, 0.05) is 0 Å². The summed E-state index contributed by atoms with van der Waals surface area (Å²) in [5.74, 6) is -0.168. The quantitative estimate of drug-likeness (QED) is 0.220. The molecule has 0 bridgehead atoms. The van der Waals surface area contributed by atoms with Crippen LogP contribution >= 0.6 is 11.8 Å². The van der Waals surface area contributed by atoms with Gasteiger partial charge >= 0.3 is 5.97 Å². The van der Waals surface area contributed by atoms with E-state index in [-0.39, 0.29) is 5.91 Å². The maximum Gasteiger partial charge on any atom is 0.344 e. The zero-order valence-corrected chi connectivity index (χ0v) is 19.1. The van der Waals surface area contributed by atoms with E-state index in [1.807, 2.05) is 79.7 Å². The number of carbonyl (C=O) groups is 2. The molecule has 0 radical (unpaired) electrons. The predicted octanol–water partition coefficient (Wildman–Crippen LogP) is 6.26. The average Bonchev–Trinajstić information content (AvgIpc) is 3.19. The minimum Gasteiger partial charge on any atom is -0.423 e. The fourth-order valence-electron chi connectivity index (χ4n) is 3.57. The van der Waals surface area contributed by atoms with Crippen molar-refractivity contribution in [3.63, 3.8) is 0 Å². The summed E-state index contributed by atoms with van der Waals surface area (Å²) in [5, 5.41) is 5.17. The summed E-state index contributed by atoms with van der Waals surface area (Å²) in [6.45, 7) is 2.01. The van der Waals surface area contributed by atoms with E-state index in [2.05, 4.69) is 10.3 Å². The van der Waals surface area contributed by atoms with Gasteiger partial charge in [-0.05, 0) is 71.4 Å². The molecular formula is C28H20N2O3S. The van der Waals surface area contributed by atoms with E-state index in [1.54, 1.807) is 24.3 Å². The molecule has 0 aromatic heterocycles. The van der Waals surface area contributed by atoms with Crippen LogP contribution in [-0.2, 0) is 4.79 Å². The molecule has 1 amide bonds. The second-order valence-corrected chi connectivity index (χ2v) is 8.83. The predicted molar refractivity (Wildman–Crippen MR) is 137 cm³/mol. The van der Waals surface area contributed by atoms with Crippen molar-refractivity contribution in [2.24, 2.45) is 4.99 Å². The number of benzene rings is 4. The fourth-order valence-corrected chi connectivity index (χ4v) is 4.41. The van der Waals surface area contributed by atoms with Crippen molar-refractivity contribution in [2.75, 3.05) is 0 Å². The summed E-state index contributed by atoms with van der Waals surface area (Å²) in [4.78, 5) is 30.1. The standard InChI is InChI=1S/C28H20N2O3S/c1-18-9-13-21(14-10-18)29-28-30-26(31)25(34-28)17-19-11-15-22(16-12-19)33-27(32)24-8-4-6-20-5-2-3-7-23(20)24/h2-17H,1H3,(H,29,30,31)/b25-17-. The molecule has 1 heterocycles. The van der Waals surface area contributed by atoms with Gasteiger partial charge in [0.1, 0.15) is 5.75 Å². The summed E-state index contributed by atoms with van der Waals surface area (Å²) < 4.78 is 5.58. The molecule has 0 spiro atoms. The highest BCUT2D eigenvalue weighted by Gasteiger charge is 2.23. The Bertz CT molecular complexity index is 1450. The second kappa shape index (κ2) is 9.37. The Balaban J connectivity index is 1.29. The summed E-state index contributed by atoms with van der Waals surface area (Å²) in [6.07, 6.45) is 1.79. The van der Waals surface area contributed by atoms with E-state index < -0.39 is 5.97 Å². The smallest absolute Gasteiger partial charge is 0.344 e. The summed E-state index contributed by atoms with van der Waals surface area (Å²) in [5.41, 5.74) is 3.27. The molecule has 4 aromatic carbocycles. The Hall–Kier alpha value is -4.16. The van der Waals surface area contributed by atoms with Crippen LogP contribution in [0, 0.1) is 6.92 Å². The van der Waals surface area contributed by atoms with Crippen molar-refractivity contribution in [3.8, 4) is 5.75 Å². The van der Waals surface area contributed by atoms with Gasteiger partial charge in [-0.3, -0.25) is 4.79 Å². The molecular weight excluding hydrogens is 444 g/mol. The van der Waals surface area contributed by atoms with Crippen molar-refractivity contribution in [1.29, 1.82) is 0 Å². The van der Waals surface area contributed by atoms with E-state index in [4.69, 9.17) is 4.74 Å². The number of fused-ring (bicyclic) bond motifs is 1. The van der Waals surface area contributed by atoms with Crippen LogP contribution in [0.15, 0.2) is 101 Å². The lowest BCUT2D eigenvalue weighted by molar-refractivity contribution is -0.115. The first-order chi connectivity index (χ1) is 16.5. The number of amidine groups is 1. The maximum atomic E-state index is 12.7. The Morgan fingerprint density at radius 2 is 1.65 bits per heavy atom. The lowest BCUT2D eigenvalue weighted by Gasteiger charge is -2.07. The molecule has 1 aliphatic heterocycles. The number of carbonyl (C=O) groups excluding carboxylic acids is 2. The molecule has 166 valence electrons. The van der Waals surface area contributed by atoms with Crippen LogP contribution in [0.3, 0.4) is 0 Å². The third-order valence-electron chi connectivity index (χ3n) is 5.31. The summed E-state index contributed by atoms with van der Waals surface area (Å²) in [6, 6.07) is 28.1. The minimum atomic E-state index is -0.411. The van der Waals surface area contributed by atoms with E-state index in [1.165, 1.54) is 11.8 Å². The first-order valence-electron chi connectivity index (χ1n) is 10.7. The van der Waals surface area contributed by atoms with Crippen molar-refractivity contribution in [1.82, 2.24) is 5.32 Å². The van der Waals surface area contributed by atoms with Crippen LogP contribution in [0.5, 0.6) is 5.75 Å². The van der Waals surface area contributed by atoms with Crippen molar-refractivity contribution in [2.45, 2.75) is 6.92 Å². The van der Waals surface area contributed by atoms with E-state index in [0.717, 1.165) is 27.6 Å². The van der Waals surface area contributed by atoms with Crippen LogP contribution in [0.25, 0.3) is 16.8 Å². The molecule has 34 heavy (non-hydrogen) atoms. The van der Waals surface area contributed by atoms with Crippen molar-refractivity contribution < 1.29 is 14.3 Å². The van der Waals surface area contributed by atoms with Gasteiger partial charge in [-0.25, -0.2) is 9.79 Å². The van der Waals surface area contributed by atoms with Crippen LogP contribution in [0.2, 0.25) is 0 Å². The third-order valence-corrected chi connectivity index (χ3v) is 6.22. The van der Waals surface area contributed by atoms with Crippen LogP contribution in [0.4, 0.5) is 5.69 Å². The number of aliphatic imine (C=N–C) groups is 1. The Morgan fingerprint density at radius 3 is 2.44 bits per heavy atom. The molecule has 1 saturated heterocycles. The molecule has 0 atom stereocenters. The SMILES string of the molecule is Cc1ccc(N=C2NC(=O)/C(=C/c3ccc(OC(=O)c4cccc5ccccc45)cc3)S2)cc1. The van der Waals surface area contributed by atoms with Crippen molar-refractivity contribution in [3.05, 3.63) is 113 Å². The Kier molecular flexibility index (Phi) is 5.97. The minimum absolute atomic E-state index is 0.192. The highest BCUT2D eigenvalue weighted by atomic mass is 32.2. The molecule has 6 heteroatoms. The molecule has 1 N–H and O–H groups in total. The number of ether oxygens (including phenoxy) is 1. The fraction of sp³-hybridized carbons (Fsp3) is 0.0357. The van der Waals surface area contributed by atoms with E-state index in [0.29, 0.717) is 21.4 Å². The maximum absolute atomic E-state index is 12.7. The largest absolute Gasteiger partial charge is 0.423 e. The number of hydrogen-bond acceptors (Lipinski definition) is 5. The van der Waals surface area contributed by atoms with Gasteiger partial charge in [0.15, 0.2) is 5.17 Å². The summed E-state index contributed by atoms with van der Waals surface area (Å²) >= 11 is 1.29. The normalized spacial score (nSPS) is 15.6. The molecule has 0 saturated carbocycles. The molecule has 4 aromatic rings. The number of nitrogens with zero attached hydrogens (tertiary/aromatic N) is 1. The molecule has 5 nitrogen and oxygen atoms in total. The number of rotatable bonds is 4. The van der Waals surface area contributed by atoms with Gasteiger partial charge in [0.05, 0.1) is 16.2 Å². The lowest BCUT2D eigenvalue weighted by Crippen LogP contribution is -2.19. The average molecular weight is 465 g/mol. The van der Waals surface area contributed by atoms with Crippen molar-refractivity contribution >= 4 is 51.3 Å². The van der Waals surface area contributed by atoms with Gasteiger partial charge in [-0.1, -0.05) is 66.2 Å². The molecule has 0 unspecified atom stereocenters. The molecule has 0 aliphatic carbocycles. The second-order valence-electron chi connectivity index (χ2n) is 7.80. The van der Waals surface area contributed by atoms with Gasteiger partial charge in [0.25, 0.3) is 5.91 Å². The van der Waals surface area contributed by atoms with E-state index >= 15 is 0 Å². The van der Waals surface area contributed by atoms with Crippen LogP contribution in [-0.4, -0.2) is 17.0 Å². The number of esters is 1. The highest BCUT2D eigenvalue weighted by molar-refractivity contribution is 8.18. The Labute approximate surface area is 201 Å². The number of aryl methyl sites for hydroxylation is 1. The molecule has 1 fully saturated rings. The Morgan fingerprint density at radius 1 is 0.912 bits per heavy atom. The number of hydrogen-bond donors (Lipinski definition) is 1. The zero-order chi connectivity index (χ0) is 23.5. The van der Waals surface area contributed by atoms with Crippen LogP contribution < -0.4 is 10.1 Å². The number of nitrogens with one attached hydrogen (secondary N) is 1. The highest BCUT2D eigenvalue weighted by Crippen LogP contribution is 2.29. The molecule has 1 aliphatic rings. The van der Waals surface area contributed by atoms with E-state index in [9.17, 15) is 9.59 Å². The van der Waals surface area contributed by atoms with Gasteiger partial charge < -0.3 is 10.1 Å². The summed E-state index contributed by atoms with van der Waals surface area (Å²) in [7, 11) is 0. The van der Waals surface area contributed by atoms with Gasteiger partial charge in [-0.2, -0.15) is 0 Å². The topological polar surface area (TPSA) is 67.8 Å². The number of amides is 1. The van der Waals surface area contributed by atoms with Gasteiger partial charge in [-0.15, -0.1) is 0 Å². The lowest BCUT2D eigenvalue weighted by atomic mass is 10.0. The monoisotopic (exact) mass is 464 g/mol. The third kappa shape index (κ3) is 4.77.